The van der Waals surface area contributed by atoms with Crippen LogP contribution in [0, 0.1) is 0 Å². The van der Waals surface area contributed by atoms with Crippen molar-refractivity contribution in [1.82, 2.24) is 19.9 Å². The maximum Gasteiger partial charge on any atom is 0.321 e. The SMILES string of the molecule is Nc1ccccc1C[S+]([O-])c1nc2ccccc2[nH]1.Nc1ccccc1C[S+]([O-])c1nc2ccccc2[nH]1.O. The predicted octanol–water partition coefficient (Wildman–Crippen LogP) is 4.08. The minimum Gasteiger partial charge on any atom is -0.609 e. The van der Waals surface area contributed by atoms with E-state index in [0.717, 1.165) is 33.2 Å². The molecule has 0 fully saturated rings. The van der Waals surface area contributed by atoms with Gasteiger partial charge in [-0.15, -0.1) is 0 Å². The van der Waals surface area contributed by atoms with Crippen LogP contribution in [0.25, 0.3) is 22.1 Å². The molecule has 2 aromatic heterocycles. The highest BCUT2D eigenvalue weighted by atomic mass is 32.2. The molecule has 8 N–H and O–H groups in total. The number of imidazole rings is 2. The maximum absolute atomic E-state index is 12.3. The van der Waals surface area contributed by atoms with E-state index in [0.29, 0.717) is 33.2 Å². The second-order valence-corrected chi connectivity index (χ2v) is 11.2. The summed E-state index contributed by atoms with van der Waals surface area (Å²) >= 11 is -2.45. The van der Waals surface area contributed by atoms with Crippen LogP contribution in [0.1, 0.15) is 11.1 Å². The highest BCUT2D eigenvalue weighted by Gasteiger charge is 2.19. The molecule has 0 aliphatic carbocycles. The Labute approximate surface area is 231 Å². The maximum atomic E-state index is 12.3. The van der Waals surface area contributed by atoms with E-state index in [4.69, 9.17) is 11.5 Å². The molecule has 0 saturated carbocycles. The summed E-state index contributed by atoms with van der Waals surface area (Å²) in [5.74, 6) is 0.735. The van der Waals surface area contributed by atoms with Gasteiger partial charge in [-0.3, -0.25) is 9.97 Å². The van der Waals surface area contributed by atoms with E-state index in [1.807, 2.05) is 97.1 Å². The molecule has 11 heteroatoms. The molecule has 0 saturated heterocycles. The third kappa shape index (κ3) is 6.72. The second-order valence-electron chi connectivity index (χ2n) is 8.50. The van der Waals surface area contributed by atoms with E-state index in [1.165, 1.54) is 0 Å². The van der Waals surface area contributed by atoms with Crippen molar-refractivity contribution in [3.05, 3.63) is 108 Å². The molecule has 4 aromatic carbocycles. The predicted molar refractivity (Wildman–Crippen MR) is 158 cm³/mol. The van der Waals surface area contributed by atoms with Gasteiger partial charge in [0.1, 0.15) is 11.5 Å². The van der Waals surface area contributed by atoms with E-state index >= 15 is 0 Å². The van der Waals surface area contributed by atoms with Crippen molar-refractivity contribution in [2.75, 3.05) is 11.5 Å². The van der Waals surface area contributed by atoms with Gasteiger partial charge >= 0.3 is 10.3 Å². The normalized spacial score (nSPS) is 12.4. The Morgan fingerprint density at radius 2 is 0.923 bits per heavy atom. The Morgan fingerprint density at radius 3 is 1.31 bits per heavy atom. The van der Waals surface area contributed by atoms with Gasteiger partial charge in [0.25, 0.3) is 0 Å². The molecule has 0 aliphatic heterocycles. The first-order chi connectivity index (χ1) is 18.5. The number of nitrogens with two attached hydrogens (primary N) is 2. The highest BCUT2D eigenvalue weighted by Crippen LogP contribution is 2.22. The third-order valence-corrected chi connectivity index (χ3v) is 8.25. The molecule has 200 valence electrons. The molecule has 2 atom stereocenters. The Kier molecular flexibility index (Phi) is 9.12. The third-order valence-electron chi connectivity index (χ3n) is 5.85. The van der Waals surface area contributed by atoms with Crippen molar-refractivity contribution >= 4 is 55.8 Å². The zero-order chi connectivity index (χ0) is 26.5. The van der Waals surface area contributed by atoms with E-state index in [1.54, 1.807) is 0 Å². The molecule has 0 spiro atoms. The molecule has 39 heavy (non-hydrogen) atoms. The lowest BCUT2D eigenvalue weighted by molar-refractivity contribution is 0.587. The van der Waals surface area contributed by atoms with Gasteiger partial charge in [-0.2, -0.15) is 9.97 Å². The van der Waals surface area contributed by atoms with Crippen molar-refractivity contribution in [2.24, 2.45) is 0 Å². The van der Waals surface area contributed by atoms with Gasteiger partial charge in [0.05, 0.1) is 22.1 Å². The first-order valence-electron chi connectivity index (χ1n) is 11.8. The Bertz CT molecular complexity index is 1480. The summed E-state index contributed by atoms with van der Waals surface area (Å²) in [4.78, 5) is 14.8. The zero-order valence-electron chi connectivity index (χ0n) is 20.8. The van der Waals surface area contributed by atoms with Crippen LogP contribution in [0.2, 0.25) is 0 Å². The standard InChI is InChI=1S/2C14H13N3OS.H2O/c2*15-11-6-2-1-5-10(11)9-19(18)14-16-12-7-3-4-8-13(12)17-14;/h2*1-8H,9,15H2,(H,16,17);1H2. The zero-order valence-corrected chi connectivity index (χ0v) is 22.5. The summed E-state index contributed by atoms with van der Waals surface area (Å²) in [6.07, 6.45) is 0. The van der Waals surface area contributed by atoms with E-state index < -0.39 is 22.4 Å². The fourth-order valence-electron chi connectivity index (χ4n) is 3.82. The van der Waals surface area contributed by atoms with Crippen LogP contribution >= 0.6 is 0 Å². The molecule has 0 bridgehead atoms. The van der Waals surface area contributed by atoms with Gasteiger partial charge in [-0.25, -0.2) is 0 Å². The molecule has 9 nitrogen and oxygen atoms in total. The first-order valence-corrected chi connectivity index (χ1v) is 14.4. The second kappa shape index (κ2) is 12.7. The molecule has 2 heterocycles. The number of nitrogens with one attached hydrogen (secondary N) is 2. The van der Waals surface area contributed by atoms with Gasteiger partial charge in [-0.1, -0.05) is 60.7 Å². The summed E-state index contributed by atoms with van der Waals surface area (Å²) in [5.41, 5.74) is 18.2. The van der Waals surface area contributed by atoms with Crippen LogP contribution in [0.5, 0.6) is 0 Å². The number of aromatic nitrogens is 4. The Balaban J connectivity index is 0.000000176. The minimum atomic E-state index is -1.22. The summed E-state index contributed by atoms with van der Waals surface area (Å²) < 4.78 is 24.6. The lowest BCUT2D eigenvalue weighted by Gasteiger charge is -2.08. The molecule has 6 aromatic rings. The van der Waals surface area contributed by atoms with Gasteiger partial charge in [0.15, 0.2) is 0 Å². The van der Waals surface area contributed by atoms with Crippen LogP contribution < -0.4 is 11.5 Å². The van der Waals surface area contributed by atoms with Crippen molar-refractivity contribution in [3.63, 3.8) is 0 Å². The number of nitrogen functional groups attached to an aromatic ring is 2. The molecule has 6 rings (SSSR count). The van der Waals surface area contributed by atoms with Crippen LogP contribution in [-0.2, 0) is 33.9 Å². The lowest BCUT2D eigenvalue weighted by atomic mass is 10.2. The van der Waals surface area contributed by atoms with Crippen molar-refractivity contribution in [1.29, 1.82) is 0 Å². The Hall–Kier alpha value is -4.00. The fourth-order valence-corrected chi connectivity index (χ4v) is 6.04. The molecule has 0 radical (unpaired) electrons. The average Bonchev–Trinajstić information content (AvgIpc) is 3.56. The van der Waals surface area contributed by atoms with Crippen molar-refractivity contribution < 1.29 is 14.6 Å². The van der Waals surface area contributed by atoms with Gasteiger partial charge in [0.2, 0.25) is 0 Å². The molecule has 0 amide bonds. The number of aromatic amines is 2. The first kappa shape index (κ1) is 28.0. The fraction of sp³-hybridized carbons (Fsp3) is 0.0714. The number of anilines is 2. The van der Waals surface area contributed by atoms with E-state index in [-0.39, 0.29) is 5.48 Å². The minimum absolute atomic E-state index is 0. The summed E-state index contributed by atoms with van der Waals surface area (Å²) in [5, 5.41) is 0.980. The number of fused-ring (bicyclic) bond motifs is 2. The summed E-state index contributed by atoms with van der Waals surface area (Å²) in [7, 11) is 0. The van der Waals surface area contributed by atoms with Gasteiger partial charge in [0, 0.05) is 44.9 Å². The molecular formula is C28H28N6O3S2. The van der Waals surface area contributed by atoms with Crippen molar-refractivity contribution in [2.45, 2.75) is 21.8 Å². The number of H-pyrrole nitrogens is 2. The van der Waals surface area contributed by atoms with Crippen molar-refractivity contribution in [3.8, 4) is 0 Å². The van der Waals surface area contributed by atoms with Gasteiger partial charge in [-0.05, 0) is 36.4 Å². The van der Waals surface area contributed by atoms with Crippen LogP contribution in [0.3, 0.4) is 0 Å². The topological polar surface area (TPSA) is 187 Å². The van der Waals surface area contributed by atoms with E-state index in [2.05, 4.69) is 19.9 Å². The largest absolute Gasteiger partial charge is 0.609 e. The average molecular weight is 561 g/mol. The Morgan fingerprint density at radius 1 is 0.564 bits per heavy atom. The number of rotatable bonds is 6. The summed E-state index contributed by atoms with van der Waals surface area (Å²) in [6, 6.07) is 30.2. The summed E-state index contributed by atoms with van der Waals surface area (Å²) in [6.45, 7) is 0. The molecule has 2 unspecified atom stereocenters. The number of nitrogens with zero attached hydrogens (tertiary/aromatic N) is 2. The van der Waals surface area contributed by atoms with E-state index in [9.17, 15) is 9.11 Å². The van der Waals surface area contributed by atoms with Crippen LogP contribution in [0.4, 0.5) is 11.4 Å². The number of para-hydroxylation sites is 6. The lowest BCUT2D eigenvalue weighted by Crippen LogP contribution is -2.08. The monoisotopic (exact) mass is 560 g/mol. The molecular weight excluding hydrogens is 532 g/mol. The molecule has 0 aliphatic rings. The quantitative estimate of drug-likeness (QED) is 0.175. The number of benzene rings is 4. The smallest absolute Gasteiger partial charge is 0.321 e. The number of hydrogen-bond donors (Lipinski definition) is 4. The van der Waals surface area contributed by atoms with Crippen LogP contribution in [0.15, 0.2) is 107 Å². The highest BCUT2D eigenvalue weighted by molar-refractivity contribution is 7.90. The number of hydrogen-bond acceptors (Lipinski definition) is 6. The van der Waals surface area contributed by atoms with Gasteiger partial charge < -0.3 is 26.0 Å². The van der Waals surface area contributed by atoms with Crippen LogP contribution in [-0.4, -0.2) is 34.5 Å².